The fraction of sp³-hybridized carbons (Fsp3) is 0.294. The highest BCUT2D eigenvalue weighted by atomic mass is 16.4. The first kappa shape index (κ1) is 35.6. The number of terminal acetylenes is 1. The van der Waals surface area contributed by atoms with Crippen LogP contribution in [0.25, 0.3) is 22.6 Å². The number of aromatic amines is 1. The molecule has 0 aliphatic carbocycles. The van der Waals surface area contributed by atoms with E-state index < -0.39 is 17.9 Å². The molecule has 0 aliphatic heterocycles. The van der Waals surface area contributed by atoms with Crippen LogP contribution in [0.15, 0.2) is 48.7 Å². The minimum absolute atomic E-state index is 0.00566. The van der Waals surface area contributed by atoms with E-state index in [0.29, 0.717) is 28.0 Å². The van der Waals surface area contributed by atoms with Crippen molar-refractivity contribution in [2.45, 2.75) is 51.6 Å². The fourth-order valence-corrected chi connectivity index (χ4v) is 5.20. The summed E-state index contributed by atoms with van der Waals surface area (Å²) in [5.74, 6) is 0.843. The number of rotatable bonds is 13. The van der Waals surface area contributed by atoms with Crippen molar-refractivity contribution in [1.29, 1.82) is 0 Å². The third-order valence-electron chi connectivity index (χ3n) is 7.91. The summed E-state index contributed by atoms with van der Waals surface area (Å²) in [7, 11) is 0. The summed E-state index contributed by atoms with van der Waals surface area (Å²) in [4.78, 5) is 56.8. The number of benzene rings is 2. The van der Waals surface area contributed by atoms with Gasteiger partial charge in [-0.2, -0.15) is 15.2 Å². The molecule has 5 aromatic rings. The van der Waals surface area contributed by atoms with Crippen LogP contribution in [-0.2, 0) is 16.8 Å². The number of aromatic nitrogens is 8. The van der Waals surface area contributed by atoms with Crippen LogP contribution in [0.3, 0.4) is 0 Å². The first-order valence-corrected chi connectivity index (χ1v) is 15.9. The largest absolute Gasteiger partial charge is 0.480 e. The second-order valence-electron chi connectivity index (χ2n) is 12.6. The van der Waals surface area contributed by atoms with E-state index in [-0.39, 0.29) is 72.6 Å². The molecule has 0 fully saturated rings. The van der Waals surface area contributed by atoms with Crippen LogP contribution in [-0.4, -0.2) is 82.6 Å². The van der Waals surface area contributed by atoms with Gasteiger partial charge in [0.2, 0.25) is 11.8 Å². The van der Waals surface area contributed by atoms with Gasteiger partial charge in [-0.3, -0.25) is 9.59 Å². The highest BCUT2D eigenvalue weighted by molar-refractivity contribution is 6.00. The maximum Gasteiger partial charge on any atom is 0.326 e. The molecule has 0 unspecified atom stereocenters. The molecule has 51 heavy (non-hydrogen) atoms. The SMILES string of the molecule is C#CCN(Cc1cnc2nc(N)nc(N)c2n1)c1ccc(C(=O)N[C@@H](CCCNC(=O)c2ccc(C(C)(C)C)cc2-c2nn[nH]n2)C(=O)O)cc1. The number of nitrogens with two attached hydrogens (primary N) is 2. The van der Waals surface area contributed by atoms with Crippen molar-refractivity contribution in [1.82, 2.24) is 51.2 Å². The number of carboxylic acids is 1. The lowest BCUT2D eigenvalue weighted by molar-refractivity contribution is -0.139. The van der Waals surface area contributed by atoms with Crippen molar-refractivity contribution in [3.63, 3.8) is 0 Å². The quantitative estimate of drug-likeness (QED) is 0.0764. The second-order valence-corrected chi connectivity index (χ2v) is 12.6. The Labute approximate surface area is 292 Å². The third kappa shape index (κ3) is 8.67. The number of anilines is 3. The predicted molar refractivity (Wildman–Crippen MR) is 189 cm³/mol. The van der Waals surface area contributed by atoms with Crippen molar-refractivity contribution < 1.29 is 19.5 Å². The summed E-state index contributed by atoms with van der Waals surface area (Å²) in [6.45, 7) is 6.82. The van der Waals surface area contributed by atoms with Gasteiger partial charge in [-0.05, 0) is 65.4 Å². The molecular weight excluding hydrogens is 654 g/mol. The number of carboxylic acid groups (broad SMARTS) is 1. The molecule has 0 spiro atoms. The summed E-state index contributed by atoms with van der Waals surface area (Å²) in [6.07, 6.45) is 7.51. The number of aliphatic carboxylic acids is 1. The Kier molecular flexibility index (Phi) is 10.6. The molecule has 262 valence electrons. The Hall–Kier alpha value is -6.70. The van der Waals surface area contributed by atoms with Gasteiger partial charge in [0.05, 0.1) is 30.5 Å². The predicted octanol–water partition coefficient (Wildman–Crippen LogP) is 2.09. The molecular formula is C34H37N13O4. The molecule has 3 heterocycles. The highest BCUT2D eigenvalue weighted by Crippen LogP contribution is 2.29. The normalized spacial score (nSPS) is 11.8. The number of hydrogen-bond acceptors (Lipinski definition) is 13. The van der Waals surface area contributed by atoms with Crippen LogP contribution >= 0.6 is 0 Å². The van der Waals surface area contributed by atoms with Crippen LogP contribution in [0.2, 0.25) is 0 Å². The van der Waals surface area contributed by atoms with Gasteiger partial charge in [0.15, 0.2) is 17.0 Å². The monoisotopic (exact) mass is 691 g/mol. The van der Waals surface area contributed by atoms with E-state index in [1.165, 1.54) is 6.20 Å². The number of fused-ring (bicyclic) bond motifs is 1. The first-order chi connectivity index (χ1) is 24.3. The molecule has 17 nitrogen and oxygen atoms in total. The minimum Gasteiger partial charge on any atom is -0.480 e. The zero-order valence-electron chi connectivity index (χ0n) is 28.2. The average molecular weight is 692 g/mol. The maximum atomic E-state index is 13.1. The number of hydrogen-bond donors (Lipinski definition) is 6. The maximum absolute atomic E-state index is 13.1. The van der Waals surface area contributed by atoms with E-state index in [1.54, 1.807) is 30.3 Å². The lowest BCUT2D eigenvalue weighted by Gasteiger charge is -2.22. The summed E-state index contributed by atoms with van der Waals surface area (Å²) in [6, 6.07) is 10.8. The van der Waals surface area contributed by atoms with Crippen molar-refractivity contribution in [3.05, 3.63) is 71.0 Å². The molecule has 5 rings (SSSR count). The van der Waals surface area contributed by atoms with Gasteiger partial charge in [-0.15, -0.1) is 16.6 Å². The van der Waals surface area contributed by atoms with Crippen LogP contribution in [0.4, 0.5) is 17.5 Å². The number of carbonyl (C=O) groups excluding carboxylic acids is 2. The number of tetrazole rings is 1. The molecule has 1 atom stereocenters. The third-order valence-corrected chi connectivity index (χ3v) is 7.91. The lowest BCUT2D eigenvalue weighted by Crippen LogP contribution is -2.41. The zero-order chi connectivity index (χ0) is 36.7. The standard InChI is InChI=1S/C34H37N13O4/c1-5-15-47(18-21-17-38-29-26(39-21)27(35)41-33(36)42-29)22-11-8-19(9-12-22)30(48)40-25(32(50)51)7-6-14-37-31(49)23-13-10-20(34(2,3)4)16-24(23)28-43-45-46-44-28/h1,8-13,16-17,25H,6-7,14-15,18H2,2-4H3,(H,37,49)(H,40,48)(H,50,51)(H,43,44,45,46)(H4,35,36,38,41,42)/t25-/m0/s1. The van der Waals surface area contributed by atoms with Crippen molar-refractivity contribution >= 4 is 46.4 Å². The number of nitrogens with one attached hydrogen (secondary N) is 3. The topological polar surface area (TPSA) is 257 Å². The van der Waals surface area contributed by atoms with Gasteiger partial charge < -0.3 is 32.1 Å². The van der Waals surface area contributed by atoms with E-state index in [0.717, 1.165) is 5.56 Å². The molecule has 0 aliphatic rings. The van der Waals surface area contributed by atoms with E-state index in [9.17, 15) is 19.5 Å². The molecule has 2 aromatic carbocycles. The Morgan fingerprint density at radius 3 is 2.49 bits per heavy atom. The van der Waals surface area contributed by atoms with Crippen molar-refractivity contribution in [2.24, 2.45) is 0 Å². The Morgan fingerprint density at radius 2 is 1.82 bits per heavy atom. The van der Waals surface area contributed by atoms with E-state index in [4.69, 9.17) is 17.9 Å². The summed E-state index contributed by atoms with van der Waals surface area (Å²) < 4.78 is 0. The Bertz CT molecular complexity index is 2090. The molecule has 0 saturated carbocycles. The molecule has 8 N–H and O–H groups in total. The zero-order valence-corrected chi connectivity index (χ0v) is 28.2. The molecule has 0 radical (unpaired) electrons. The van der Waals surface area contributed by atoms with Crippen molar-refractivity contribution in [3.8, 4) is 23.7 Å². The van der Waals surface area contributed by atoms with E-state index in [1.807, 2.05) is 17.0 Å². The van der Waals surface area contributed by atoms with Crippen molar-refractivity contribution in [2.75, 3.05) is 29.5 Å². The number of H-pyrrole nitrogens is 1. The van der Waals surface area contributed by atoms with Gasteiger partial charge >= 0.3 is 5.97 Å². The smallest absolute Gasteiger partial charge is 0.326 e. The molecule has 2 amide bonds. The highest BCUT2D eigenvalue weighted by Gasteiger charge is 2.23. The van der Waals surface area contributed by atoms with Crippen LogP contribution in [0.5, 0.6) is 0 Å². The average Bonchev–Trinajstić information content (AvgIpc) is 3.64. The fourth-order valence-electron chi connectivity index (χ4n) is 5.20. The Balaban J connectivity index is 1.18. The number of nitrogen functional groups attached to an aromatic ring is 2. The number of amides is 2. The van der Waals surface area contributed by atoms with Crippen LogP contribution < -0.4 is 27.0 Å². The van der Waals surface area contributed by atoms with Crippen LogP contribution in [0, 0.1) is 12.3 Å². The van der Waals surface area contributed by atoms with E-state index in [2.05, 4.69) is 77.9 Å². The number of carbonyl (C=O) groups is 3. The van der Waals surface area contributed by atoms with Gasteiger partial charge in [0.1, 0.15) is 6.04 Å². The van der Waals surface area contributed by atoms with Crippen LogP contribution in [0.1, 0.15) is 65.6 Å². The second kappa shape index (κ2) is 15.2. The number of nitrogens with zero attached hydrogens (tertiary/aromatic N) is 8. The summed E-state index contributed by atoms with van der Waals surface area (Å²) in [5, 5.41) is 29.3. The van der Waals surface area contributed by atoms with Gasteiger partial charge in [0, 0.05) is 23.4 Å². The summed E-state index contributed by atoms with van der Waals surface area (Å²) in [5.41, 5.74) is 15.3. The Morgan fingerprint density at radius 1 is 1.06 bits per heavy atom. The van der Waals surface area contributed by atoms with Gasteiger partial charge in [-0.25, -0.2) is 14.8 Å². The molecule has 0 bridgehead atoms. The molecule has 0 saturated heterocycles. The lowest BCUT2D eigenvalue weighted by atomic mass is 9.85. The van der Waals surface area contributed by atoms with Gasteiger partial charge in [-0.1, -0.05) is 32.8 Å². The van der Waals surface area contributed by atoms with E-state index >= 15 is 0 Å². The molecule has 17 heteroatoms. The van der Waals surface area contributed by atoms with Gasteiger partial charge in [0.25, 0.3) is 11.8 Å². The summed E-state index contributed by atoms with van der Waals surface area (Å²) >= 11 is 0. The first-order valence-electron chi connectivity index (χ1n) is 15.9. The molecule has 3 aromatic heterocycles. The minimum atomic E-state index is -1.20.